The van der Waals surface area contributed by atoms with Gasteiger partial charge in [-0.15, -0.1) is 0 Å². The number of aromatic nitrogens is 2. The van der Waals surface area contributed by atoms with Crippen LogP contribution in [0.2, 0.25) is 0 Å². The van der Waals surface area contributed by atoms with Crippen molar-refractivity contribution in [3.05, 3.63) is 72.1 Å². The van der Waals surface area contributed by atoms with Crippen molar-refractivity contribution in [2.24, 2.45) is 11.7 Å². The van der Waals surface area contributed by atoms with Gasteiger partial charge in [0.25, 0.3) is 0 Å². The summed E-state index contributed by atoms with van der Waals surface area (Å²) in [6, 6.07) is 15.0. The molecular weight excluding hydrogens is 512 g/mol. The first-order valence-electron chi connectivity index (χ1n) is 14.8. The molecule has 7 heteroatoms. The average molecular weight is 557 g/mol. The predicted octanol–water partition coefficient (Wildman–Crippen LogP) is 6.21. The Kier molecular flexibility index (Phi) is 9.92. The minimum atomic E-state index is -0.793. The van der Waals surface area contributed by atoms with Crippen molar-refractivity contribution in [1.29, 1.82) is 0 Å². The van der Waals surface area contributed by atoms with Crippen molar-refractivity contribution in [3.63, 3.8) is 0 Å². The molecule has 3 N–H and O–H groups in total. The zero-order valence-electron chi connectivity index (χ0n) is 25.0. The van der Waals surface area contributed by atoms with Gasteiger partial charge < -0.3 is 15.8 Å². The van der Waals surface area contributed by atoms with E-state index < -0.39 is 29.6 Å². The summed E-state index contributed by atoms with van der Waals surface area (Å²) in [5, 5.41) is 2.64. The second-order valence-corrected chi connectivity index (χ2v) is 12.3. The average Bonchev–Trinajstić information content (AvgIpc) is 2.97. The van der Waals surface area contributed by atoms with Crippen LogP contribution in [-0.2, 0) is 20.7 Å². The molecule has 4 rings (SSSR count). The van der Waals surface area contributed by atoms with Crippen molar-refractivity contribution in [2.45, 2.75) is 96.7 Å². The highest BCUT2D eigenvalue weighted by Gasteiger charge is 2.25. The van der Waals surface area contributed by atoms with Gasteiger partial charge in [0.1, 0.15) is 11.6 Å². The Morgan fingerprint density at radius 2 is 1.51 bits per heavy atom. The summed E-state index contributed by atoms with van der Waals surface area (Å²) >= 11 is 0. The van der Waals surface area contributed by atoms with Gasteiger partial charge in [0, 0.05) is 23.5 Å². The molecule has 0 spiro atoms. The van der Waals surface area contributed by atoms with E-state index in [1.165, 1.54) is 37.7 Å². The third-order valence-corrected chi connectivity index (χ3v) is 7.91. The summed E-state index contributed by atoms with van der Waals surface area (Å²) < 4.78 is 5.31. The second-order valence-electron chi connectivity index (χ2n) is 12.3. The van der Waals surface area contributed by atoms with Crippen molar-refractivity contribution in [1.82, 2.24) is 15.3 Å². The normalized spacial score (nSPS) is 18.8. The van der Waals surface area contributed by atoms with Crippen LogP contribution in [0.1, 0.15) is 83.8 Å². The molecule has 0 unspecified atom stereocenters. The highest BCUT2D eigenvalue weighted by Crippen LogP contribution is 2.37. The number of ether oxygens (including phenoxy) is 1. The summed E-state index contributed by atoms with van der Waals surface area (Å²) in [6.45, 7) is 9.24. The van der Waals surface area contributed by atoms with Gasteiger partial charge in [-0.3, -0.25) is 4.79 Å². The van der Waals surface area contributed by atoms with E-state index in [4.69, 9.17) is 10.5 Å². The Hall–Kier alpha value is -3.58. The first-order valence-corrected chi connectivity index (χ1v) is 14.8. The van der Waals surface area contributed by atoms with Gasteiger partial charge in [0.2, 0.25) is 5.91 Å². The summed E-state index contributed by atoms with van der Waals surface area (Å²) in [5.41, 5.74) is 10.8. The summed E-state index contributed by atoms with van der Waals surface area (Å²) in [5.74, 6) is 1.33. The molecule has 0 saturated heterocycles. The first kappa shape index (κ1) is 30.4. The smallest absolute Gasteiger partial charge is 0.328 e. The number of rotatable bonds is 9. The molecule has 41 heavy (non-hydrogen) atoms. The molecule has 1 aliphatic rings. The Morgan fingerprint density at radius 1 is 0.927 bits per heavy atom. The standard InChI is InChI=1S/C34H44N4O3/c1-6-23-7-11-25(12-8-23)26-15-17-27(18-16-26)29-20-36-31(37-21-29)28-13-9-24(10-14-28)19-30(35)32(39)38-22(2)33(40)41-34(3,4)5/h9-10,13-18,20-23,25,30H,6-8,11-12,19,35H2,1-5H3,(H,38,39)/t22-,23?,25?,30+/m1/s1. The SMILES string of the molecule is CCC1CCC(c2ccc(-c3cnc(-c4ccc(C[C@H](N)C(=O)N[C@H](C)C(=O)OC(C)(C)C)cc4)nc3)cc2)CC1. The molecule has 0 aliphatic heterocycles. The number of carbonyl (C=O) groups is 2. The maximum atomic E-state index is 12.5. The van der Waals surface area contributed by atoms with Gasteiger partial charge in [-0.1, -0.05) is 61.9 Å². The number of nitrogens with two attached hydrogens (primary N) is 1. The molecule has 0 bridgehead atoms. The van der Waals surface area contributed by atoms with Crippen molar-refractivity contribution in [3.8, 4) is 22.5 Å². The van der Waals surface area contributed by atoms with Crippen molar-refractivity contribution in [2.75, 3.05) is 0 Å². The Bertz CT molecular complexity index is 1290. The van der Waals surface area contributed by atoms with Crippen LogP contribution in [0.3, 0.4) is 0 Å². The molecule has 1 aromatic heterocycles. The molecule has 1 heterocycles. The maximum Gasteiger partial charge on any atom is 0.328 e. The van der Waals surface area contributed by atoms with Gasteiger partial charge in [0.05, 0.1) is 6.04 Å². The number of esters is 1. The quantitative estimate of drug-likeness (QED) is 0.304. The topological polar surface area (TPSA) is 107 Å². The van der Waals surface area contributed by atoms with Crippen LogP contribution in [0.4, 0.5) is 0 Å². The monoisotopic (exact) mass is 556 g/mol. The van der Waals surface area contributed by atoms with E-state index in [0.717, 1.165) is 28.2 Å². The van der Waals surface area contributed by atoms with E-state index in [2.05, 4.69) is 46.5 Å². The Balaban J connectivity index is 1.31. The van der Waals surface area contributed by atoms with E-state index in [0.29, 0.717) is 18.2 Å². The predicted molar refractivity (Wildman–Crippen MR) is 163 cm³/mol. The van der Waals surface area contributed by atoms with Crippen LogP contribution >= 0.6 is 0 Å². The molecule has 2 aromatic carbocycles. The zero-order valence-corrected chi connectivity index (χ0v) is 25.0. The molecule has 1 aliphatic carbocycles. The number of benzene rings is 2. The molecular formula is C34H44N4O3. The Labute approximate surface area is 244 Å². The third-order valence-electron chi connectivity index (χ3n) is 7.91. The summed E-state index contributed by atoms with van der Waals surface area (Å²) in [6.07, 6.45) is 10.6. The highest BCUT2D eigenvalue weighted by atomic mass is 16.6. The number of nitrogens with zero attached hydrogens (tertiary/aromatic N) is 2. The van der Waals surface area contributed by atoms with Crippen LogP contribution < -0.4 is 11.1 Å². The number of nitrogens with one attached hydrogen (secondary N) is 1. The van der Waals surface area contributed by atoms with Gasteiger partial charge >= 0.3 is 5.97 Å². The molecule has 2 atom stereocenters. The highest BCUT2D eigenvalue weighted by molar-refractivity contribution is 5.87. The third kappa shape index (κ3) is 8.46. The minimum Gasteiger partial charge on any atom is -0.458 e. The lowest BCUT2D eigenvalue weighted by Crippen LogP contribution is -2.49. The zero-order chi connectivity index (χ0) is 29.6. The fraction of sp³-hybridized carbons (Fsp3) is 0.471. The summed E-state index contributed by atoms with van der Waals surface area (Å²) in [4.78, 5) is 33.9. The van der Waals surface area contributed by atoms with Crippen LogP contribution in [0.25, 0.3) is 22.5 Å². The molecule has 7 nitrogen and oxygen atoms in total. The summed E-state index contributed by atoms with van der Waals surface area (Å²) in [7, 11) is 0. The number of amides is 1. The van der Waals surface area contributed by atoms with Crippen LogP contribution in [0.15, 0.2) is 60.9 Å². The lowest BCUT2D eigenvalue weighted by Gasteiger charge is -2.28. The second kappa shape index (κ2) is 13.4. The fourth-order valence-electron chi connectivity index (χ4n) is 5.38. The number of hydrogen-bond donors (Lipinski definition) is 2. The van der Waals surface area contributed by atoms with E-state index in [-0.39, 0.29) is 0 Å². The Morgan fingerprint density at radius 3 is 2.07 bits per heavy atom. The lowest BCUT2D eigenvalue weighted by molar-refractivity contribution is -0.158. The van der Waals surface area contributed by atoms with E-state index in [9.17, 15) is 9.59 Å². The number of hydrogen-bond acceptors (Lipinski definition) is 6. The molecule has 1 saturated carbocycles. The van der Waals surface area contributed by atoms with Gasteiger partial charge in [-0.25, -0.2) is 14.8 Å². The maximum absolute atomic E-state index is 12.5. The van der Waals surface area contributed by atoms with E-state index in [1.807, 2.05) is 36.7 Å². The van der Waals surface area contributed by atoms with E-state index in [1.54, 1.807) is 27.7 Å². The molecule has 1 amide bonds. The van der Waals surface area contributed by atoms with Gasteiger partial charge in [-0.05, 0) is 88.3 Å². The van der Waals surface area contributed by atoms with Crippen molar-refractivity contribution >= 4 is 11.9 Å². The lowest BCUT2D eigenvalue weighted by atomic mass is 9.78. The molecule has 218 valence electrons. The molecule has 3 aromatic rings. The fourth-order valence-corrected chi connectivity index (χ4v) is 5.38. The van der Waals surface area contributed by atoms with Gasteiger partial charge in [0.15, 0.2) is 5.82 Å². The van der Waals surface area contributed by atoms with E-state index >= 15 is 0 Å². The van der Waals surface area contributed by atoms with Crippen LogP contribution in [0, 0.1) is 5.92 Å². The largest absolute Gasteiger partial charge is 0.458 e. The molecule has 1 fully saturated rings. The minimum absolute atomic E-state index is 0.336. The van der Waals surface area contributed by atoms with Crippen LogP contribution in [0.5, 0.6) is 0 Å². The molecule has 0 radical (unpaired) electrons. The first-order chi connectivity index (χ1) is 19.5. The van der Waals surface area contributed by atoms with Gasteiger partial charge in [-0.2, -0.15) is 0 Å². The van der Waals surface area contributed by atoms with Crippen LogP contribution in [-0.4, -0.2) is 39.5 Å². The number of carbonyl (C=O) groups excluding carboxylic acids is 2. The van der Waals surface area contributed by atoms with Crippen molar-refractivity contribution < 1.29 is 14.3 Å².